The van der Waals surface area contributed by atoms with Gasteiger partial charge in [-0.25, -0.2) is 0 Å². The second-order valence-corrected chi connectivity index (χ2v) is 7.31. The van der Waals surface area contributed by atoms with Gasteiger partial charge in [-0.05, 0) is 24.8 Å². The minimum atomic E-state index is -1.17. The third-order valence-corrected chi connectivity index (χ3v) is 5.20. The maximum absolute atomic E-state index is 12.5. The summed E-state index contributed by atoms with van der Waals surface area (Å²) in [7, 11) is 1.40. The average Bonchev–Trinajstić information content (AvgIpc) is 3.06. The van der Waals surface area contributed by atoms with E-state index in [-0.39, 0.29) is 13.0 Å². The second kappa shape index (κ2) is 8.97. The number of hydrogen-bond donors (Lipinski definition) is 2. The van der Waals surface area contributed by atoms with Crippen LogP contribution in [0.2, 0.25) is 0 Å². The number of nitrogens with two attached hydrogens (primary N) is 2. The van der Waals surface area contributed by atoms with Crippen LogP contribution in [0.4, 0.5) is 0 Å². The number of carbonyl (C=O) groups excluding carboxylic acids is 4. The van der Waals surface area contributed by atoms with Crippen LogP contribution in [0.15, 0.2) is 30.3 Å². The van der Waals surface area contributed by atoms with Gasteiger partial charge in [0.25, 0.3) is 0 Å². The van der Waals surface area contributed by atoms with Gasteiger partial charge in [0.15, 0.2) is 11.9 Å². The Morgan fingerprint density at radius 2 is 1.89 bits per heavy atom. The van der Waals surface area contributed by atoms with Crippen LogP contribution in [-0.2, 0) is 30.3 Å². The smallest absolute Gasteiger partial charge is 0.249 e. The summed E-state index contributed by atoms with van der Waals surface area (Å²) >= 11 is 0. The van der Waals surface area contributed by atoms with Crippen molar-refractivity contribution in [3.05, 3.63) is 42.3 Å². The van der Waals surface area contributed by atoms with Crippen LogP contribution in [-0.4, -0.2) is 54.2 Å². The number of rotatable bonds is 9. The van der Waals surface area contributed by atoms with Crippen molar-refractivity contribution in [2.75, 3.05) is 13.7 Å². The monoisotopic (exact) mass is 388 g/mol. The highest BCUT2D eigenvalue weighted by atomic mass is 16.5. The molecule has 1 heterocycles. The van der Waals surface area contributed by atoms with Gasteiger partial charge in [0, 0.05) is 12.5 Å². The van der Waals surface area contributed by atoms with Gasteiger partial charge in [0.1, 0.15) is 12.6 Å². The summed E-state index contributed by atoms with van der Waals surface area (Å²) in [4.78, 5) is 49.1. The van der Waals surface area contributed by atoms with E-state index in [9.17, 15) is 19.2 Å². The molecule has 3 unspecified atom stereocenters. The molecule has 0 spiro atoms. The molecule has 2 rings (SSSR count). The largest absolute Gasteiger partial charge is 0.369 e. The number of aryl methyl sites for hydroxylation is 1. The van der Waals surface area contributed by atoms with E-state index in [1.807, 2.05) is 30.3 Å². The van der Waals surface area contributed by atoms with Gasteiger partial charge in [-0.1, -0.05) is 37.3 Å². The van der Waals surface area contributed by atoms with Crippen molar-refractivity contribution in [2.45, 2.75) is 38.3 Å². The summed E-state index contributed by atoms with van der Waals surface area (Å²) in [5.74, 6) is -2.21. The first-order valence-corrected chi connectivity index (χ1v) is 9.03. The van der Waals surface area contributed by atoms with E-state index in [4.69, 9.17) is 16.2 Å². The number of carbonyl (C=O) groups is 4. The van der Waals surface area contributed by atoms with Gasteiger partial charge >= 0.3 is 0 Å². The lowest BCUT2D eigenvalue weighted by Gasteiger charge is -2.29. The van der Waals surface area contributed by atoms with Crippen molar-refractivity contribution >= 4 is 23.5 Å². The fraction of sp³-hybridized carbons (Fsp3) is 0.450. The quantitative estimate of drug-likeness (QED) is 0.614. The Morgan fingerprint density at radius 1 is 1.25 bits per heavy atom. The Hall–Kier alpha value is -2.74. The maximum atomic E-state index is 12.5. The molecular weight excluding hydrogens is 362 g/mol. The molecule has 1 aliphatic heterocycles. The zero-order chi connectivity index (χ0) is 20.9. The Bertz CT molecular complexity index is 751. The normalized spacial score (nSPS) is 21.1. The third kappa shape index (κ3) is 4.95. The summed E-state index contributed by atoms with van der Waals surface area (Å²) in [5, 5.41) is 0. The molecule has 1 aromatic rings. The van der Waals surface area contributed by atoms with Crippen LogP contribution >= 0.6 is 0 Å². The molecule has 3 atom stereocenters. The molecule has 1 fully saturated rings. The summed E-state index contributed by atoms with van der Waals surface area (Å²) < 4.78 is 5.08. The Morgan fingerprint density at radius 3 is 2.46 bits per heavy atom. The van der Waals surface area contributed by atoms with Crippen molar-refractivity contribution in [2.24, 2.45) is 16.9 Å². The first-order valence-electron chi connectivity index (χ1n) is 9.03. The van der Waals surface area contributed by atoms with E-state index in [1.54, 1.807) is 6.92 Å². The number of ether oxygens (including phenoxy) is 1. The number of hydrogen-bond acceptors (Lipinski definition) is 5. The van der Waals surface area contributed by atoms with E-state index in [1.165, 1.54) is 13.5 Å². The van der Waals surface area contributed by atoms with Crippen molar-refractivity contribution < 1.29 is 23.9 Å². The number of benzene rings is 1. The third-order valence-electron chi connectivity index (χ3n) is 5.20. The fourth-order valence-electron chi connectivity index (χ4n) is 3.16. The van der Waals surface area contributed by atoms with E-state index in [2.05, 4.69) is 0 Å². The topological polar surface area (TPSA) is 133 Å². The lowest BCUT2D eigenvalue weighted by Crippen LogP contribution is -2.51. The molecule has 0 saturated carbocycles. The van der Waals surface area contributed by atoms with E-state index in [0.29, 0.717) is 12.8 Å². The molecule has 28 heavy (non-hydrogen) atoms. The summed E-state index contributed by atoms with van der Waals surface area (Å²) in [6, 6.07) is 8.59. The molecular formula is C20H26N3O5. The molecule has 1 saturated heterocycles. The predicted octanol–water partition coefficient (Wildman–Crippen LogP) is -0.0146. The highest BCUT2D eigenvalue weighted by Gasteiger charge is 2.44. The van der Waals surface area contributed by atoms with Crippen molar-refractivity contribution in [1.29, 1.82) is 0 Å². The molecule has 8 heteroatoms. The average molecular weight is 388 g/mol. The molecule has 1 radical (unpaired) electrons. The first-order chi connectivity index (χ1) is 13.2. The fourth-order valence-corrected chi connectivity index (χ4v) is 3.16. The molecule has 1 aliphatic rings. The van der Waals surface area contributed by atoms with Crippen molar-refractivity contribution in [3.8, 4) is 0 Å². The molecule has 0 bridgehead atoms. The molecule has 151 valence electrons. The number of amides is 3. The lowest BCUT2D eigenvalue weighted by molar-refractivity contribution is -0.137. The van der Waals surface area contributed by atoms with Gasteiger partial charge < -0.3 is 21.1 Å². The van der Waals surface area contributed by atoms with Crippen LogP contribution in [0, 0.1) is 11.8 Å². The van der Waals surface area contributed by atoms with Crippen LogP contribution in [0.3, 0.4) is 0 Å². The van der Waals surface area contributed by atoms with Gasteiger partial charge in [-0.2, -0.15) is 0 Å². The Balaban J connectivity index is 2.00. The summed E-state index contributed by atoms with van der Waals surface area (Å²) in [6.45, 7) is 1.43. The number of primary amides is 2. The Labute approximate surface area is 164 Å². The lowest BCUT2D eigenvalue weighted by atomic mass is 9.79. The zero-order valence-corrected chi connectivity index (χ0v) is 16.1. The minimum absolute atomic E-state index is 0.112. The highest BCUT2D eigenvalue weighted by molar-refractivity contribution is 5.99. The van der Waals surface area contributed by atoms with Gasteiger partial charge in [-0.15, -0.1) is 0 Å². The first kappa shape index (κ1) is 21.6. The number of likely N-dealkylation sites (N-methyl/N-ethyl adjacent to an activating group) is 1. The highest BCUT2D eigenvalue weighted by Crippen LogP contribution is 2.29. The van der Waals surface area contributed by atoms with Crippen LogP contribution in [0.1, 0.15) is 25.3 Å². The maximum Gasteiger partial charge on any atom is 0.249 e. The van der Waals surface area contributed by atoms with Crippen molar-refractivity contribution in [3.63, 3.8) is 0 Å². The molecule has 4 N–H and O–H groups in total. The number of Topliss-reactive ketones (excluding diaryl/α,β-unsaturated/α-hetero) is 1. The van der Waals surface area contributed by atoms with Crippen LogP contribution in [0.5, 0.6) is 0 Å². The molecule has 8 nitrogen and oxygen atoms in total. The Kier molecular flexibility index (Phi) is 6.90. The van der Waals surface area contributed by atoms with Crippen molar-refractivity contribution in [1.82, 2.24) is 4.90 Å². The predicted molar refractivity (Wildman–Crippen MR) is 101 cm³/mol. The number of ketones is 1. The molecule has 0 aromatic heterocycles. The van der Waals surface area contributed by atoms with E-state index >= 15 is 0 Å². The van der Waals surface area contributed by atoms with Gasteiger partial charge in [0.05, 0.1) is 6.42 Å². The molecule has 1 aromatic carbocycles. The summed E-state index contributed by atoms with van der Waals surface area (Å²) in [5.41, 5.74) is 11.0. The van der Waals surface area contributed by atoms with E-state index in [0.717, 1.165) is 10.5 Å². The van der Waals surface area contributed by atoms with Crippen LogP contribution < -0.4 is 11.5 Å². The second-order valence-electron chi connectivity index (χ2n) is 7.31. The number of nitrogens with zero attached hydrogens (tertiary/aromatic N) is 1. The minimum Gasteiger partial charge on any atom is -0.369 e. The zero-order valence-electron chi connectivity index (χ0n) is 16.1. The standard InChI is InChI=1S/C20H26N3O5/c1-20(19(22)27,10-8-13-6-4-3-5-7-13)11-9-15(25)23(2)16-14(24)12-28-17(16)18(21)26/h3-7,9,16-17H,8,10-12H2,1-2H3,(H2,21,26)(H2,22,27). The SMILES string of the molecule is CN(C(=O)[CH]CC(C)(CCc1ccccc1)C(N)=O)C1C(=O)COC1C(N)=O. The summed E-state index contributed by atoms with van der Waals surface area (Å²) in [6.07, 6.45) is 1.36. The molecule has 0 aliphatic carbocycles. The van der Waals surface area contributed by atoms with Crippen LogP contribution in [0.25, 0.3) is 0 Å². The van der Waals surface area contributed by atoms with Gasteiger partial charge in [-0.3, -0.25) is 19.2 Å². The molecule has 3 amide bonds. The van der Waals surface area contributed by atoms with E-state index < -0.39 is 41.1 Å². The van der Waals surface area contributed by atoms with Gasteiger partial charge in [0.2, 0.25) is 17.7 Å².